The van der Waals surface area contributed by atoms with Gasteiger partial charge in [0.2, 0.25) is 5.95 Å². The van der Waals surface area contributed by atoms with Crippen LogP contribution in [0.25, 0.3) is 11.2 Å². The van der Waals surface area contributed by atoms with Gasteiger partial charge in [-0.15, -0.1) is 0 Å². The molecule has 0 amide bonds. The highest BCUT2D eigenvalue weighted by atomic mass is 16.5. The zero-order valence-corrected chi connectivity index (χ0v) is 18.1. The molecule has 0 saturated carbocycles. The molecule has 1 aromatic carbocycles. The minimum absolute atomic E-state index is 0.00913. The third-order valence-corrected chi connectivity index (χ3v) is 4.93. The van der Waals surface area contributed by atoms with E-state index in [0.717, 1.165) is 11.1 Å². The molecule has 33 heavy (non-hydrogen) atoms. The predicted octanol–water partition coefficient (Wildman–Crippen LogP) is 1.01. The normalized spacial score (nSPS) is 12.3. The molecule has 0 aliphatic rings. The van der Waals surface area contributed by atoms with Crippen LogP contribution in [0, 0.1) is 6.92 Å². The number of nitrogens with zero attached hydrogens (tertiary/aromatic N) is 5. The Bertz CT molecular complexity index is 1390. The third kappa shape index (κ3) is 4.99. The zero-order valence-electron chi connectivity index (χ0n) is 18.1. The lowest BCUT2D eigenvalue weighted by Gasteiger charge is -2.15. The largest absolute Gasteiger partial charge is 0.491 e. The number of hydrogen-bond donors (Lipinski definition) is 3. The summed E-state index contributed by atoms with van der Waals surface area (Å²) >= 11 is 0. The van der Waals surface area contributed by atoms with Crippen LogP contribution < -0.4 is 21.4 Å². The molecule has 3 aromatic heterocycles. The number of benzene rings is 1. The van der Waals surface area contributed by atoms with E-state index in [1.807, 2.05) is 37.3 Å². The first-order valence-electron chi connectivity index (χ1n) is 10.2. The Hall–Kier alpha value is -4.25. The number of ether oxygens (including phenoxy) is 1. The number of nitrogens with one attached hydrogen (secondary N) is 2. The summed E-state index contributed by atoms with van der Waals surface area (Å²) < 4.78 is 8.34. The first kappa shape index (κ1) is 22.0. The number of aromatic amines is 1. The zero-order chi connectivity index (χ0) is 23.4. The van der Waals surface area contributed by atoms with Crippen molar-refractivity contribution in [2.24, 2.45) is 12.1 Å². The van der Waals surface area contributed by atoms with Crippen LogP contribution in [0.5, 0.6) is 5.75 Å². The van der Waals surface area contributed by atoms with Gasteiger partial charge >= 0.3 is 5.69 Å². The SMILES string of the molecule is Cc1ccc(OCC(O)Cn2c(NN=Cc3cccnc3)nc3c2c(=O)[nH]c(=O)n3C)cc1. The minimum Gasteiger partial charge on any atom is -0.491 e. The number of fused-ring (bicyclic) bond motifs is 1. The molecule has 0 fully saturated rings. The van der Waals surface area contributed by atoms with E-state index in [4.69, 9.17) is 4.74 Å². The molecule has 0 spiro atoms. The maximum Gasteiger partial charge on any atom is 0.329 e. The van der Waals surface area contributed by atoms with Gasteiger partial charge in [-0.3, -0.25) is 19.3 Å². The van der Waals surface area contributed by atoms with Crippen LogP contribution in [0.4, 0.5) is 5.95 Å². The summed E-state index contributed by atoms with van der Waals surface area (Å²) in [6.07, 6.45) is 3.85. The lowest BCUT2D eigenvalue weighted by atomic mass is 10.2. The second-order valence-corrected chi connectivity index (χ2v) is 7.47. The van der Waals surface area contributed by atoms with Gasteiger partial charge < -0.3 is 14.4 Å². The van der Waals surface area contributed by atoms with Gasteiger partial charge in [-0.25, -0.2) is 10.2 Å². The summed E-state index contributed by atoms with van der Waals surface area (Å²) in [4.78, 5) is 35.2. The summed E-state index contributed by atoms with van der Waals surface area (Å²) in [6, 6.07) is 11.0. The summed E-state index contributed by atoms with van der Waals surface area (Å²) in [6.45, 7) is 1.94. The van der Waals surface area contributed by atoms with E-state index < -0.39 is 17.4 Å². The van der Waals surface area contributed by atoms with Crippen molar-refractivity contribution in [1.29, 1.82) is 0 Å². The van der Waals surface area contributed by atoms with Gasteiger partial charge in [-0.2, -0.15) is 10.1 Å². The molecule has 0 radical (unpaired) electrons. The molecule has 1 unspecified atom stereocenters. The van der Waals surface area contributed by atoms with Gasteiger partial charge in [-0.05, 0) is 25.1 Å². The number of pyridine rings is 1. The van der Waals surface area contributed by atoms with Crippen LogP contribution in [0.15, 0.2) is 63.5 Å². The number of imidazole rings is 1. The Morgan fingerprint density at radius 1 is 1.27 bits per heavy atom. The van der Waals surface area contributed by atoms with Gasteiger partial charge in [0.05, 0.1) is 12.8 Å². The first-order valence-corrected chi connectivity index (χ1v) is 10.2. The van der Waals surface area contributed by atoms with Crippen LogP contribution in [0.2, 0.25) is 0 Å². The molecule has 0 saturated heterocycles. The van der Waals surface area contributed by atoms with Crippen LogP contribution >= 0.6 is 0 Å². The average Bonchev–Trinajstić information content (AvgIpc) is 3.16. The second kappa shape index (κ2) is 9.49. The Labute approximate surface area is 188 Å². The predicted molar refractivity (Wildman–Crippen MR) is 124 cm³/mol. The fourth-order valence-corrected chi connectivity index (χ4v) is 3.20. The molecule has 11 heteroatoms. The van der Waals surface area contributed by atoms with Gasteiger partial charge in [0.1, 0.15) is 18.5 Å². The third-order valence-electron chi connectivity index (χ3n) is 4.93. The van der Waals surface area contributed by atoms with Crippen molar-refractivity contribution in [1.82, 2.24) is 24.1 Å². The molecule has 4 aromatic rings. The molecule has 3 N–H and O–H groups in total. The summed E-state index contributed by atoms with van der Waals surface area (Å²) in [5.74, 6) is 0.807. The number of hydrazone groups is 1. The van der Waals surface area contributed by atoms with Crippen molar-refractivity contribution < 1.29 is 9.84 Å². The van der Waals surface area contributed by atoms with Crippen molar-refractivity contribution in [3.05, 3.63) is 80.8 Å². The number of anilines is 1. The Balaban J connectivity index is 1.61. The molecule has 170 valence electrons. The second-order valence-electron chi connectivity index (χ2n) is 7.47. The fraction of sp³-hybridized carbons (Fsp3) is 0.227. The van der Waals surface area contributed by atoms with E-state index in [2.05, 4.69) is 25.5 Å². The van der Waals surface area contributed by atoms with E-state index >= 15 is 0 Å². The molecular weight excluding hydrogens is 426 g/mol. The monoisotopic (exact) mass is 449 g/mol. The standard InChI is InChI=1S/C22H23N7O4/c1-14-5-7-17(8-6-14)33-13-16(30)12-29-18-19(28(2)22(32)26-20(18)31)25-21(29)27-24-11-15-4-3-9-23-10-15/h3-11,16,30H,12-13H2,1-2H3,(H,25,27)(H,26,31,32). The lowest BCUT2D eigenvalue weighted by Crippen LogP contribution is -2.30. The first-order chi connectivity index (χ1) is 15.9. The molecular formula is C22H23N7O4. The quantitative estimate of drug-likeness (QED) is 0.269. The molecule has 0 bridgehead atoms. The van der Waals surface area contributed by atoms with E-state index in [1.54, 1.807) is 18.5 Å². The number of aliphatic hydroxyl groups is 1. The van der Waals surface area contributed by atoms with E-state index in [-0.39, 0.29) is 30.3 Å². The molecule has 0 aliphatic carbocycles. The van der Waals surface area contributed by atoms with Crippen molar-refractivity contribution >= 4 is 23.3 Å². The molecule has 1 atom stereocenters. The number of rotatable bonds is 8. The van der Waals surface area contributed by atoms with Crippen molar-refractivity contribution in [3.8, 4) is 5.75 Å². The van der Waals surface area contributed by atoms with Crippen molar-refractivity contribution in [3.63, 3.8) is 0 Å². The lowest BCUT2D eigenvalue weighted by molar-refractivity contribution is 0.0938. The topological polar surface area (TPSA) is 139 Å². The van der Waals surface area contributed by atoms with Crippen LogP contribution in [-0.2, 0) is 13.6 Å². The maximum atomic E-state index is 12.6. The fourth-order valence-electron chi connectivity index (χ4n) is 3.20. The number of aryl methyl sites for hydroxylation is 2. The Morgan fingerprint density at radius 3 is 2.79 bits per heavy atom. The summed E-state index contributed by atoms with van der Waals surface area (Å²) in [5.41, 5.74) is 3.72. The van der Waals surface area contributed by atoms with Crippen molar-refractivity contribution in [2.75, 3.05) is 12.0 Å². The highest BCUT2D eigenvalue weighted by Crippen LogP contribution is 2.17. The highest BCUT2D eigenvalue weighted by molar-refractivity contribution is 5.80. The van der Waals surface area contributed by atoms with Gasteiger partial charge in [0, 0.05) is 25.0 Å². The molecule has 0 aliphatic heterocycles. The highest BCUT2D eigenvalue weighted by Gasteiger charge is 2.20. The number of aliphatic hydroxyl groups excluding tert-OH is 1. The number of aromatic nitrogens is 5. The molecule has 11 nitrogen and oxygen atoms in total. The van der Waals surface area contributed by atoms with Crippen molar-refractivity contribution in [2.45, 2.75) is 19.6 Å². The molecule has 3 heterocycles. The van der Waals surface area contributed by atoms with E-state index in [0.29, 0.717) is 5.75 Å². The van der Waals surface area contributed by atoms with E-state index in [9.17, 15) is 14.7 Å². The number of hydrogen-bond acceptors (Lipinski definition) is 8. The maximum absolute atomic E-state index is 12.6. The Kier molecular flexibility index (Phi) is 6.31. The van der Waals surface area contributed by atoms with E-state index in [1.165, 1.54) is 22.4 Å². The van der Waals surface area contributed by atoms with Crippen LogP contribution in [0.1, 0.15) is 11.1 Å². The average molecular weight is 449 g/mol. The smallest absolute Gasteiger partial charge is 0.329 e. The Morgan fingerprint density at radius 2 is 2.06 bits per heavy atom. The minimum atomic E-state index is -0.969. The van der Waals surface area contributed by atoms with Gasteiger partial charge in [0.15, 0.2) is 11.2 Å². The number of H-pyrrole nitrogens is 1. The molecule has 4 rings (SSSR count). The summed E-state index contributed by atoms with van der Waals surface area (Å²) in [5, 5.41) is 14.8. The van der Waals surface area contributed by atoms with Gasteiger partial charge in [0.25, 0.3) is 5.56 Å². The van der Waals surface area contributed by atoms with Gasteiger partial charge in [-0.1, -0.05) is 23.8 Å². The summed E-state index contributed by atoms with van der Waals surface area (Å²) in [7, 11) is 1.50. The van der Waals surface area contributed by atoms with Crippen LogP contribution in [-0.4, -0.2) is 48.1 Å². The van der Waals surface area contributed by atoms with Crippen LogP contribution in [0.3, 0.4) is 0 Å².